The second kappa shape index (κ2) is 27.0. The van der Waals surface area contributed by atoms with Crippen LogP contribution in [-0.4, -0.2) is 11.2 Å². The average molecular weight is 425 g/mol. The van der Waals surface area contributed by atoms with Gasteiger partial charge in [0.15, 0.2) is 0 Å². The van der Waals surface area contributed by atoms with E-state index in [2.05, 4.69) is 13.8 Å². The van der Waals surface area contributed by atoms with E-state index in [1.165, 1.54) is 154 Å². The van der Waals surface area contributed by atoms with Crippen LogP contribution in [0.1, 0.15) is 181 Å². The summed E-state index contributed by atoms with van der Waals surface area (Å²) in [6.07, 6.45) is 35.6. The van der Waals surface area contributed by atoms with Gasteiger partial charge >= 0.3 is 0 Å². The van der Waals surface area contributed by atoms with Crippen molar-refractivity contribution in [1.29, 1.82) is 0 Å². The Hall–Kier alpha value is -0.0400. The first-order valence-corrected chi connectivity index (χ1v) is 14.5. The minimum atomic E-state index is -0.0306. The number of hydrogen-bond donors (Lipinski definition) is 1. The Labute approximate surface area is 192 Å². The molecule has 0 bridgehead atoms. The minimum absolute atomic E-state index is 0.0306. The van der Waals surface area contributed by atoms with Gasteiger partial charge in [0, 0.05) is 0 Å². The third-order valence-electron chi connectivity index (χ3n) is 6.78. The van der Waals surface area contributed by atoms with Crippen LogP contribution in [0, 0.1) is 0 Å². The van der Waals surface area contributed by atoms with E-state index in [1.807, 2.05) is 0 Å². The maximum absolute atomic E-state index is 10.1. The molecular weight excluding hydrogens is 364 g/mol. The first-order valence-electron chi connectivity index (χ1n) is 14.5. The lowest BCUT2D eigenvalue weighted by molar-refractivity contribution is 0.147. The first-order chi connectivity index (χ1) is 14.8. The summed E-state index contributed by atoms with van der Waals surface area (Å²) in [4.78, 5) is 0. The van der Waals surface area contributed by atoms with Crippen LogP contribution < -0.4 is 0 Å². The molecule has 0 aliphatic carbocycles. The molecule has 0 aliphatic rings. The van der Waals surface area contributed by atoms with Gasteiger partial charge in [-0.3, -0.25) is 0 Å². The van der Waals surface area contributed by atoms with Crippen LogP contribution in [0.3, 0.4) is 0 Å². The summed E-state index contributed by atoms with van der Waals surface area (Å²) >= 11 is 0. The van der Waals surface area contributed by atoms with Crippen molar-refractivity contribution in [3.05, 3.63) is 0 Å². The smallest absolute Gasteiger partial charge is 0.0540 e. The highest BCUT2D eigenvalue weighted by molar-refractivity contribution is 4.58. The molecule has 0 aliphatic heterocycles. The molecule has 0 aromatic carbocycles. The molecule has 0 unspecified atom stereocenters. The predicted octanol–water partition coefficient (Wildman–Crippen LogP) is 10.5. The predicted molar refractivity (Wildman–Crippen MR) is 137 cm³/mol. The van der Waals surface area contributed by atoms with Crippen molar-refractivity contribution in [2.24, 2.45) is 0 Å². The zero-order valence-electron chi connectivity index (χ0n) is 21.4. The van der Waals surface area contributed by atoms with Gasteiger partial charge < -0.3 is 5.11 Å². The second-order valence-electron chi connectivity index (χ2n) is 10.0. The molecule has 182 valence electrons. The molecule has 1 N–H and O–H groups in total. The summed E-state index contributed by atoms with van der Waals surface area (Å²) in [6, 6.07) is 0. The average Bonchev–Trinajstić information content (AvgIpc) is 2.75. The molecule has 1 atom stereocenters. The van der Waals surface area contributed by atoms with Crippen molar-refractivity contribution in [1.82, 2.24) is 0 Å². The van der Waals surface area contributed by atoms with E-state index in [4.69, 9.17) is 0 Å². The fourth-order valence-electron chi connectivity index (χ4n) is 4.59. The Morgan fingerprint density at radius 3 is 0.767 bits per heavy atom. The first kappa shape index (κ1) is 30.0. The lowest BCUT2D eigenvalue weighted by atomic mass is 10.0. The number of unbranched alkanes of at least 4 members (excludes halogenated alkanes) is 22. The highest BCUT2D eigenvalue weighted by Gasteiger charge is 2.03. The Morgan fingerprint density at radius 2 is 0.533 bits per heavy atom. The summed E-state index contributed by atoms with van der Waals surface area (Å²) in [7, 11) is 0. The molecule has 0 rings (SSSR count). The molecule has 0 spiro atoms. The monoisotopic (exact) mass is 424 g/mol. The minimum Gasteiger partial charge on any atom is -0.393 e. The molecule has 0 heterocycles. The fourth-order valence-corrected chi connectivity index (χ4v) is 4.59. The van der Waals surface area contributed by atoms with Gasteiger partial charge in [0.25, 0.3) is 0 Å². The Bertz CT molecular complexity index is 288. The van der Waals surface area contributed by atoms with Crippen molar-refractivity contribution in [2.45, 2.75) is 187 Å². The van der Waals surface area contributed by atoms with E-state index in [9.17, 15) is 5.11 Å². The number of aliphatic hydroxyl groups is 1. The van der Waals surface area contributed by atoms with Gasteiger partial charge in [0.2, 0.25) is 0 Å². The van der Waals surface area contributed by atoms with Gasteiger partial charge in [-0.05, 0) is 12.8 Å². The van der Waals surface area contributed by atoms with Gasteiger partial charge in [-0.25, -0.2) is 0 Å². The molecule has 1 nitrogen and oxygen atoms in total. The summed E-state index contributed by atoms with van der Waals surface area (Å²) in [5.41, 5.74) is 0. The van der Waals surface area contributed by atoms with E-state index in [0.717, 1.165) is 12.8 Å². The number of rotatable bonds is 26. The van der Waals surface area contributed by atoms with Crippen LogP contribution >= 0.6 is 0 Å². The normalized spacial score (nSPS) is 12.5. The zero-order valence-corrected chi connectivity index (χ0v) is 21.4. The van der Waals surface area contributed by atoms with Crippen LogP contribution in [0.2, 0.25) is 0 Å². The van der Waals surface area contributed by atoms with Crippen molar-refractivity contribution in [3.63, 3.8) is 0 Å². The zero-order chi connectivity index (χ0) is 22.0. The van der Waals surface area contributed by atoms with Gasteiger partial charge in [-0.15, -0.1) is 0 Å². The topological polar surface area (TPSA) is 20.2 Å². The molecule has 0 saturated heterocycles. The molecule has 0 radical (unpaired) electrons. The highest BCUT2D eigenvalue weighted by atomic mass is 16.3. The molecule has 0 saturated carbocycles. The Kier molecular flexibility index (Phi) is 27.0. The standard InChI is InChI=1S/C29H60O/c1-3-5-7-9-11-12-13-14-15-16-17-18-19-20-22-24-26-28-29(30)27-25-23-21-10-8-6-4-2/h29-30H,3-28H2,1-2H3/t29-/m0/s1. The fraction of sp³-hybridized carbons (Fsp3) is 1.00. The summed E-state index contributed by atoms with van der Waals surface area (Å²) in [5.74, 6) is 0. The van der Waals surface area contributed by atoms with E-state index in [0.29, 0.717) is 0 Å². The quantitative estimate of drug-likeness (QED) is 0.137. The third-order valence-corrected chi connectivity index (χ3v) is 6.78. The van der Waals surface area contributed by atoms with Crippen molar-refractivity contribution < 1.29 is 5.11 Å². The van der Waals surface area contributed by atoms with Crippen LogP contribution in [0.15, 0.2) is 0 Å². The lowest BCUT2D eigenvalue weighted by Gasteiger charge is -2.10. The SMILES string of the molecule is CCCCCCCCCCCCCCCCCCC[C@@H](O)CCCCCCCCC. The third kappa shape index (κ3) is 26.0. The Morgan fingerprint density at radius 1 is 0.333 bits per heavy atom. The Balaban J connectivity index is 3.10. The second-order valence-corrected chi connectivity index (χ2v) is 10.0. The molecule has 0 aromatic heterocycles. The van der Waals surface area contributed by atoms with E-state index < -0.39 is 0 Å². The van der Waals surface area contributed by atoms with E-state index in [-0.39, 0.29) is 6.10 Å². The number of hydrogen-bond acceptors (Lipinski definition) is 1. The molecule has 1 heteroatoms. The van der Waals surface area contributed by atoms with Gasteiger partial charge in [-0.2, -0.15) is 0 Å². The summed E-state index contributed by atoms with van der Waals surface area (Å²) in [5, 5.41) is 10.1. The molecule has 30 heavy (non-hydrogen) atoms. The van der Waals surface area contributed by atoms with E-state index >= 15 is 0 Å². The van der Waals surface area contributed by atoms with Gasteiger partial charge in [0.05, 0.1) is 6.10 Å². The van der Waals surface area contributed by atoms with Crippen LogP contribution in [0.5, 0.6) is 0 Å². The van der Waals surface area contributed by atoms with Crippen molar-refractivity contribution >= 4 is 0 Å². The lowest BCUT2D eigenvalue weighted by Crippen LogP contribution is -2.05. The maximum Gasteiger partial charge on any atom is 0.0540 e. The molecule has 0 amide bonds. The van der Waals surface area contributed by atoms with Crippen molar-refractivity contribution in [3.8, 4) is 0 Å². The van der Waals surface area contributed by atoms with Gasteiger partial charge in [-0.1, -0.05) is 168 Å². The van der Waals surface area contributed by atoms with Crippen molar-refractivity contribution in [2.75, 3.05) is 0 Å². The number of aliphatic hydroxyl groups excluding tert-OH is 1. The van der Waals surface area contributed by atoms with Gasteiger partial charge in [0.1, 0.15) is 0 Å². The summed E-state index contributed by atoms with van der Waals surface area (Å²) < 4.78 is 0. The molecule has 0 aromatic rings. The van der Waals surface area contributed by atoms with Crippen LogP contribution in [0.4, 0.5) is 0 Å². The maximum atomic E-state index is 10.1. The molecule has 0 fully saturated rings. The molecular formula is C29H60O. The van der Waals surface area contributed by atoms with E-state index in [1.54, 1.807) is 0 Å². The summed E-state index contributed by atoms with van der Waals surface area (Å²) in [6.45, 7) is 4.57. The largest absolute Gasteiger partial charge is 0.393 e. The van der Waals surface area contributed by atoms with Crippen LogP contribution in [-0.2, 0) is 0 Å². The highest BCUT2D eigenvalue weighted by Crippen LogP contribution is 2.16. The van der Waals surface area contributed by atoms with Crippen LogP contribution in [0.25, 0.3) is 0 Å².